The number of aliphatic hydroxyl groups is 1. The lowest BCUT2D eigenvalue weighted by atomic mass is 9.99. The van der Waals surface area contributed by atoms with Crippen LogP contribution in [0.5, 0.6) is 5.75 Å². The zero-order valence-corrected chi connectivity index (χ0v) is 12.1. The van der Waals surface area contributed by atoms with Crippen LogP contribution < -0.4 is 10.1 Å². The zero-order valence-electron chi connectivity index (χ0n) is 12.1. The van der Waals surface area contributed by atoms with Crippen molar-refractivity contribution in [3.63, 3.8) is 0 Å². The van der Waals surface area contributed by atoms with Gasteiger partial charge in [-0.25, -0.2) is 0 Å². The number of benzene rings is 1. The molecule has 0 saturated heterocycles. The van der Waals surface area contributed by atoms with Crippen LogP contribution in [0.4, 0.5) is 5.69 Å². The van der Waals surface area contributed by atoms with Crippen molar-refractivity contribution in [3.8, 4) is 5.75 Å². The third-order valence-corrected chi connectivity index (χ3v) is 3.10. The molecule has 0 bridgehead atoms. The minimum Gasteiger partial charge on any atom is -0.495 e. The van der Waals surface area contributed by atoms with E-state index in [0.717, 1.165) is 11.4 Å². The number of ether oxygens (including phenoxy) is 1. The number of nitrogens with one attached hydrogen (secondary N) is 1. The summed E-state index contributed by atoms with van der Waals surface area (Å²) in [5.74, 6) is 1.34. The summed E-state index contributed by atoms with van der Waals surface area (Å²) in [6.45, 7) is 8.64. The van der Waals surface area contributed by atoms with Crippen LogP contribution in [0.2, 0.25) is 0 Å². The highest BCUT2D eigenvalue weighted by Gasteiger charge is 2.18. The lowest BCUT2D eigenvalue weighted by Crippen LogP contribution is -2.32. The van der Waals surface area contributed by atoms with E-state index in [9.17, 15) is 0 Å². The van der Waals surface area contributed by atoms with Crippen LogP contribution in [0.25, 0.3) is 0 Å². The van der Waals surface area contributed by atoms with Gasteiger partial charge in [0.05, 0.1) is 12.8 Å². The molecule has 1 rings (SSSR count). The number of anilines is 1. The SMILES string of the molecule is COc1cc(C(C)C)ccc1NC(C)(C)CCO. The van der Waals surface area contributed by atoms with Gasteiger partial charge >= 0.3 is 0 Å². The molecular formula is C15H25NO2. The Bertz CT molecular complexity index is 386. The van der Waals surface area contributed by atoms with Crippen molar-refractivity contribution < 1.29 is 9.84 Å². The first kappa shape index (κ1) is 14.8. The normalized spacial score (nSPS) is 11.7. The van der Waals surface area contributed by atoms with Gasteiger partial charge in [-0.05, 0) is 43.9 Å². The molecule has 0 aromatic heterocycles. The van der Waals surface area contributed by atoms with Gasteiger partial charge in [-0.3, -0.25) is 0 Å². The van der Waals surface area contributed by atoms with Crippen LogP contribution in [-0.4, -0.2) is 24.4 Å². The Morgan fingerprint density at radius 1 is 1.33 bits per heavy atom. The number of methoxy groups -OCH3 is 1. The first-order valence-electron chi connectivity index (χ1n) is 6.46. The maximum absolute atomic E-state index is 9.05. The number of aliphatic hydroxyl groups excluding tert-OH is 1. The van der Waals surface area contributed by atoms with Crippen LogP contribution in [-0.2, 0) is 0 Å². The summed E-state index contributed by atoms with van der Waals surface area (Å²) >= 11 is 0. The predicted octanol–water partition coefficient (Wildman–Crippen LogP) is 3.39. The van der Waals surface area contributed by atoms with E-state index in [-0.39, 0.29) is 12.1 Å². The quantitative estimate of drug-likeness (QED) is 0.814. The van der Waals surface area contributed by atoms with Gasteiger partial charge < -0.3 is 15.2 Å². The molecule has 0 unspecified atom stereocenters. The molecule has 0 aliphatic heterocycles. The molecule has 0 radical (unpaired) electrons. The van der Waals surface area contributed by atoms with E-state index < -0.39 is 0 Å². The van der Waals surface area contributed by atoms with Crippen molar-refractivity contribution in [1.82, 2.24) is 0 Å². The molecular weight excluding hydrogens is 226 g/mol. The Morgan fingerprint density at radius 2 is 2.00 bits per heavy atom. The van der Waals surface area contributed by atoms with E-state index in [2.05, 4.69) is 45.1 Å². The lowest BCUT2D eigenvalue weighted by Gasteiger charge is -2.28. The standard InChI is InChI=1S/C15H25NO2/c1-11(2)12-6-7-13(14(10-12)18-5)16-15(3,4)8-9-17/h6-7,10-11,16-17H,8-9H2,1-5H3. The largest absolute Gasteiger partial charge is 0.495 e. The summed E-state index contributed by atoms with van der Waals surface area (Å²) in [6.07, 6.45) is 0.697. The summed E-state index contributed by atoms with van der Waals surface area (Å²) in [6, 6.07) is 6.24. The van der Waals surface area contributed by atoms with E-state index in [1.165, 1.54) is 5.56 Å². The van der Waals surface area contributed by atoms with Gasteiger partial charge in [0.1, 0.15) is 5.75 Å². The summed E-state index contributed by atoms with van der Waals surface area (Å²) < 4.78 is 5.44. The summed E-state index contributed by atoms with van der Waals surface area (Å²) in [5, 5.41) is 12.5. The number of hydrogen-bond acceptors (Lipinski definition) is 3. The van der Waals surface area contributed by atoms with E-state index in [4.69, 9.17) is 9.84 Å². The molecule has 0 aliphatic rings. The second-order valence-electron chi connectivity index (χ2n) is 5.60. The Morgan fingerprint density at radius 3 is 2.50 bits per heavy atom. The van der Waals surface area contributed by atoms with Crippen LogP contribution in [0.3, 0.4) is 0 Å². The molecule has 3 heteroatoms. The molecule has 1 aromatic carbocycles. The maximum atomic E-state index is 9.05. The van der Waals surface area contributed by atoms with Crippen molar-refractivity contribution >= 4 is 5.69 Å². The average Bonchev–Trinajstić information content (AvgIpc) is 2.28. The molecule has 0 fully saturated rings. The predicted molar refractivity (Wildman–Crippen MR) is 76.5 cm³/mol. The van der Waals surface area contributed by atoms with Gasteiger partial charge in [-0.15, -0.1) is 0 Å². The van der Waals surface area contributed by atoms with Gasteiger partial charge in [0, 0.05) is 12.1 Å². The number of hydrogen-bond donors (Lipinski definition) is 2. The van der Waals surface area contributed by atoms with Crippen LogP contribution >= 0.6 is 0 Å². The Labute approximate surface area is 110 Å². The first-order chi connectivity index (χ1) is 8.39. The Hall–Kier alpha value is -1.22. The second-order valence-corrected chi connectivity index (χ2v) is 5.60. The van der Waals surface area contributed by atoms with Gasteiger partial charge in [-0.1, -0.05) is 19.9 Å². The summed E-state index contributed by atoms with van der Waals surface area (Å²) in [4.78, 5) is 0. The molecule has 18 heavy (non-hydrogen) atoms. The Balaban J connectivity index is 2.95. The molecule has 0 atom stereocenters. The van der Waals surface area contributed by atoms with Crippen molar-refractivity contribution in [2.45, 2.75) is 45.6 Å². The topological polar surface area (TPSA) is 41.5 Å². The lowest BCUT2D eigenvalue weighted by molar-refractivity contribution is 0.260. The fourth-order valence-corrected chi connectivity index (χ4v) is 1.88. The zero-order chi connectivity index (χ0) is 13.8. The molecule has 1 aromatic rings. The van der Waals surface area contributed by atoms with Gasteiger partial charge in [0.25, 0.3) is 0 Å². The fraction of sp³-hybridized carbons (Fsp3) is 0.600. The van der Waals surface area contributed by atoms with Gasteiger partial charge in [0.2, 0.25) is 0 Å². The van der Waals surface area contributed by atoms with Crippen molar-refractivity contribution in [3.05, 3.63) is 23.8 Å². The molecule has 0 aliphatic carbocycles. The maximum Gasteiger partial charge on any atom is 0.142 e. The van der Waals surface area contributed by atoms with E-state index >= 15 is 0 Å². The Kier molecular flexibility index (Phi) is 5.03. The smallest absolute Gasteiger partial charge is 0.142 e. The van der Waals surface area contributed by atoms with Crippen LogP contribution in [0.1, 0.15) is 45.6 Å². The van der Waals surface area contributed by atoms with Crippen molar-refractivity contribution in [2.24, 2.45) is 0 Å². The highest BCUT2D eigenvalue weighted by atomic mass is 16.5. The molecule has 0 amide bonds. The molecule has 0 spiro atoms. The first-order valence-corrected chi connectivity index (χ1v) is 6.46. The van der Waals surface area contributed by atoms with Crippen molar-refractivity contribution in [2.75, 3.05) is 19.0 Å². The van der Waals surface area contributed by atoms with Gasteiger partial charge in [-0.2, -0.15) is 0 Å². The van der Waals surface area contributed by atoms with Crippen molar-refractivity contribution in [1.29, 1.82) is 0 Å². The number of rotatable bonds is 6. The minimum absolute atomic E-state index is 0.151. The third-order valence-electron chi connectivity index (χ3n) is 3.10. The van der Waals surface area contributed by atoms with E-state index in [0.29, 0.717) is 12.3 Å². The molecule has 3 nitrogen and oxygen atoms in total. The second kappa shape index (κ2) is 6.10. The van der Waals surface area contributed by atoms with Crippen LogP contribution in [0, 0.1) is 0 Å². The van der Waals surface area contributed by atoms with Crippen LogP contribution in [0.15, 0.2) is 18.2 Å². The minimum atomic E-state index is -0.151. The summed E-state index contributed by atoms with van der Waals surface area (Å²) in [5.41, 5.74) is 2.08. The molecule has 102 valence electrons. The monoisotopic (exact) mass is 251 g/mol. The highest BCUT2D eigenvalue weighted by molar-refractivity contribution is 5.59. The van der Waals surface area contributed by atoms with Gasteiger partial charge in [0.15, 0.2) is 0 Å². The van der Waals surface area contributed by atoms with E-state index in [1.807, 2.05) is 6.07 Å². The highest BCUT2D eigenvalue weighted by Crippen LogP contribution is 2.31. The molecule has 0 heterocycles. The third kappa shape index (κ3) is 3.91. The fourth-order valence-electron chi connectivity index (χ4n) is 1.88. The summed E-state index contributed by atoms with van der Waals surface area (Å²) in [7, 11) is 1.68. The average molecular weight is 251 g/mol. The van der Waals surface area contributed by atoms with E-state index in [1.54, 1.807) is 7.11 Å². The molecule has 0 saturated carbocycles. The molecule has 2 N–H and O–H groups in total.